The Hall–Kier alpha value is -0.800. The molecular weight excluding hydrogens is 224 g/mol. The van der Waals surface area contributed by atoms with Crippen LogP contribution in [-0.4, -0.2) is 24.0 Å². The van der Waals surface area contributed by atoms with Crippen LogP contribution in [0.4, 0.5) is 0 Å². The van der Waals surface area contributed by atoms with Crippen molar-refractivity contribution >= 4 is 0 Å². The largest absolute Gasteiger partial charge is 0.468 e. The Kier molecular flexibility index (Phi) is 4.84. The number of nitrogens with one attached hydrogen (secondary N) is 1. The molecule has 1 fully saturated rings. The highest BCUT2D eigenvalue weighted by molar-refractivity contribution is 5.17. The Morgan fingerprint density at radius 1 is 1.39 bits per heavy atom. The summed E-state index contributed by atoms with van der Waals surface area (Å²) in [7, 11) is 2.19. The van der Waals surface area contributed by atoms with Crippen molar-refractivity contribution in [3.05, 3.63) is 23.7 Å². The van der Waals surface area contributed by atoms with Crippen LogP contribution in [-0.2, 0) is 13.1 Å². The first-order valence-electron chi connectivity index (χ1n) is 7.23. The summed E-state index contributed by atoms with van der Waals surface area (Å²) in [4.78, 5) is 2.40. The number of furan rings is 1. The van der Waals surface area contributed by atoms with Gasteiger partial charge in [0.05, 0.1) is 12.8 Å². The minimum absolute atomic E-state index is 0.652. The molecule has 0 aliphatic heterocycles. The summed E-state index contributed by atoms with van der Waals surface area (Å²) in [6, 6.07) is 3.51. The summed E-state index contributed by atoms with van der Waals surface area (Å²) in [5.74, 6) is 1.12. The highest BCUT2D eigenvalue weighted by atomic mass is 16.3. The predicted octanol–water partition coefficient (Wildman–Crippen LogP) is 3.15. The molecule has 0 aromatic carbocycles. The van der Waals surface area contributed by atoms with Crippen LogP contribution in [0, 0.1) is 0 Å². The zero-order valence-corrected chi connectivity index (χ0v) is 11.9. The van der Waals surface area contributed by atoms with Gasteiger partial charge in [0.2, 0.25) is 0 Å². The highest BCUT2D eigenvalue weighted by Crippen LogP contribution is 2.21. The molecule has 0 saturated heterocycles. The standard InChI is InChI=1S/C15H26N2O/c1-4-14(5-2)17(3)11-15-12(8-9-18-15)10-16-13-6-7-13/h8-9,13-14,16H,4-7,10-11H2,1-3H3. The van der Waals surface area contributed by atoms with Crippen LogP contribution >= 0.6 is 0 Å². The van der Waals surface area contributed by atoms with Crippen molar-refractivity contribution < 1.29 is 4.42 Å². The van der Waals surface area contributed by atoms with Crippen molar-refractivity contribution in [2.75, 3.05) is 7.05 Å². The second kappa shape index (κ2) is 6.39. The molecule has 3 heteroatoms. The molecule has 18 heavy (non-hydrogen) atoms. The van der Waals surface area contributed by atoms with E-state index in [2.05, 4.69) is 37.2 Å². The van der Waals surface area contributed by atoms with Gasteiger partial charge in [-0.25, -0.2) is 0 Å². The molecule has 0 radical (unpaired) electrons. The predicted molar refractivity (Wildman–Crippen MR) is 74.4 cm³/mol. The lowest BCUT2D eigenvalue weighted by atomic mass is 10.1. The molecule has 0 bridgehead atoms. The van der Waals surface area contributed by atoms with E-state index in [9.17, 15) is 0 Å². The van der Waals surface area contributed by atoms with E-state index in [1.807, 2.05) is 6.26 Å². The Labute approximate surface area is 111 Å². The molecule has 0 spiro atoms. The van der Waals surface area contributed by atoms with Crippen LogP contribution < -0.4 is 5.32 Å². The van der Waals surface area contributed by atoms with Crippen molar-refractivity contribution in [1.29, 1.82) is 0 Å². The molecule has 102 valence electrons. The van der Waals surface area contributed by atoms with Gasteiger partial charge in [-0.3, -0.25) is 4.90 Å². The van der Waals surface area contributed by atoms with Gasteiger partial charge in [-0.2, -0.15) is 0 Å². The maximum absolute atomic E-state index is 5.65. The molecular formula is C15H26N2O. The topological polar surface area (TPSA) is 28.4 Å². The Bertz CT molecular complexity index is 353. The number of rotatable bonds is 8. The van der Waals surface area contributed by atoms with Gasteiger partial charge in [0.1, 0.15) is 5.76 Å². The van der Waals surface area contributed by atoms with Crippen LogP contribution in [0.25, 0.3) is 0 Å². The molecule has 1 aliphatic rings. The van der Waals surface area contributed by atoms with Gasteiger partial charge in [0.15, 0.2) is 0 Å². The zero-order chi connectivity index (χ0) is 13.0. The molecule has 1 heterocycles. The first-order chi connectivity index (χ1) is 8.74. The fourth-order valence-corrected chi connectivity index (χ4v) is 2.47. The Morgan fingerprint density at radius 2 is 2.11 bits per heavy atom. The van der Waals surface area contributed by atoms with Gasteiger partial charge in [0, 0.05) is 24.2 Å². The SMILES string of the molecule is CCC(CC)N(C)Cc1occc1CNC1CC1. The summed E-state index contributed by atoms with van der Waals surface area (Å²) >= 11 is 0. The molecule has 1 aliphatic carbocycles. The van der Waals surface area contributed by atoms with Crippen molar-refractivity contribution in [3.63, 3.8) is 0 Å². The highest BCUT2D eigenvalue weighted by Gasteiger charge is 2.21. The third kappa shape index (κ3) is 3.59. The quantitative estimate of drug-likeness (QED) is 0.768. The molecule has 1 aromatic rings. The van der Waals surface area contributed by atoms with E-state index in [0.29, 0.717) is 6.04 Å². The van der Waals surface area contributed by atoms with Crippen LogP contribution in [0.3, 0.4) is 0 Å². The van der Waals surface area contributed by atoms with Gasteiger partial charge < -0.3 is 9.73 Å². The summed E-state index contributed by atoms with van der Waals surface area (Å²) in [6.45, 7) is 6.37. The number of nitrogens with zero attached hydrogens (tertiary/aromatic N) is 1. The Balaban J connectivity index is 1.89. The summed E-state index contributed by atoms with van der Waals surface area (Å²) in [5, 5.41) is 3.55. The van der Waals surface area contributed by atoms with Gasteiger partial charge in [-0.05, 0) is 38.8 Å². The van der Waals surface area contributed by atoms with E-state index in [-0.39, 0.29) is 0 Å². The maximum Gasteiger partial charge on any atom is 0.122 e. The molecule has 1 saturated carbocycles. The van der Waals surface area contributed by atoms with Crippen LogP contribution in [0.15, 0.2) is 16.7 Å². The van der Waals surface area contributed by atoms with Gasteiger partial charge in [0.25, 0.3) is 0 Å². The van der Waals surface area contributed by atoms with E-state index in [4.69, 9.17) is 4.42 Å². The summed E-state index contributed by atoms with van der Waals surface area (Å²) < 4.78 is 5.65. The second-order valence-electron chi connectivity index (χ2n) is 5.41. The fraction of sp³-hybridized carbons (Fsp3) is 0.733. The van der Waals surface area contributed by atoms with Crippen molar-refractivity contribution in [1.82, 2.24) is 10.2 Å². The molecule has 0 atom stereocenters. The van der Waals surface area contributed by atoms with E-state index in [0.717, 1.165) is 24.9 Å². The molecule has 3 nitrogen and oxygen atoms in total. The average molecular weight is 250 g/mol. The van der Waals surface area contributed by atoms with Crippen molar-refractivity contribution in [3.8, 4) is 0 Å². The maximum atomic E-state index is 5.65. The van der Waals surface area contributed by atoms with Crippen molar-refractivity contribution in [2.24, 2.45) is 0 Å². The van der Waals surface area contributed by atoms with E-state index in [1.165, 1.54) is 31.2 Å². The third-order valence-corrected chi connectivity index (χ3v) is 3.96. The number of hydrogen-bond acceptors (Lipinski definition) is 3. The second-order valence-corrected chi connectivity index (χ2v) is 5.41. The van der Waals surface area contributed by atoms with Crippen LogP contribution in [0.2, 0.25) is 0 Å². The lowest BCUT2D eigenvalue weighted by Gasteiger charge is -2.25. The Morgan fingerprint density at radius 3 is 2.72 bits per heavy atom. The first kappa shape index (κ1) is 13.6. The third-order valence-electron chi connectivity index (χ3n) is 3.96. The molecule has 2 rings (SSSR count). The summed E-state index contributed by atoms with van der Waals surface area (Å²) in [5.41, 5.74) is 1.32. The molecule has 0 amide bonds. The van der Waals surface area contributed by atoms with E-state index >= 15 is 0 Å². The average Bonchev–Trinajstić information content (AvgIpc) is 3.09. The lowest BCUT2D eigenvalue weighted by Crippen LogP contribution is -2.30. The minimum atomic E-state index is 0.652. The number of hydrogen-bond donors (Lipinski definition) is 1. The first-order valence-corrected chi connectivity index (χ1v) is 7.23. The summed E-state index contributed by atoms with van der Waals surface area (Å²) in [6.07, 6.45) is 6.88. The molecule has 0 unspecified atom stereocenters. The van der Waals surface area contributed by atoms with Gasteiger partial charge in [-0.15, -0.1) is 0 Å². The zero-order valence-electron chi connectivity index (χ0n) is 11.9. The minimum Gasteiger partial charge on any atom is -0.468 e. The fourth-order valence-electron chi connectivity index (χ4n) is 2.47. The van der Waals surface area contributed by atoms with Crippen LogP contribution in [0.1, 0.15) is 50.9 Å². The smallest absolute Gasteiger partial charge is 0.122 e. The van der Waals surface area contributed by atoms with Gasteiger partial charge >= 0.3 is 0 Å². The van der Waals surface area contributed by atoms with E-state index < -0.39 is 0 Å². The van der Waals surface area contributed by atoms with Crippen LogP contribution in [0.5, 0.6) is 0 Å². The van der Waals surface area contributed by atoms with E-state index in [1.54, 1.807) is 0 Å². The lowest BCUT2D eigenvalue weighted by molar-refractivity contribution is 0.204. The molecule has 1 N–H and O–H groups in total. The van der Waals surface area contributed by atoms with Gasteiger partial charge in [-0.1, -0.05) is 13.8 Å². The van der Waals surface area contributed by atoms with Crippen molar-refractivity contribution in [2.45, 2.75) is 64.7 Å². The normalized spacial score (nSPS) is 15.8. The monoisotopic (exact) mass is 250 g/mol. The molecule has 1 aromatic heterocycles.